The van der Waals surface area contributed by atoms with Gasteiger partial charge in [-0.15, -0.1) is 0 Å². The molecule has 0 aromatic heterocycles. The van der Waals surface area contributed by atoms with Gasteiger partial charge in [-0.1, -0.05) is 41.4 Å². The maximum atomic E-state index is 13.4. The first-order chi connectivity index (χ1) is 5.00. The molecule has 0 aromatic carbocycles. The minimum atomic E-state index is -1.75. The molecule has 0 aromatic rings. The van der Waals surface area contributed by atoms with Crippen molar-refractivity contribution < 1.29 is 9.13 Å². The Hall–Kier alpha value is 0.660. The Morgan fingerprint density at radius 3 is 2.45 bits per heavy atom. The monoisotopic (exact) mass is 244 g/mol. The molecule has 0 spiro atoms. The van der Waals surface area contributed by atoms with E-state index in [1.165, 1.54) is 0 Å². The van der Waals surface area contributed by atoms with Gasteiger partial charge in [0.1, 0.15) is 0 Å². The Bertz CT molecular complexity index is 153. The van der Waals surface area contributed by atoms with E-state index in [2.05, 4.69) is 15.9 Å². The van der Waals surface area contributed by atoms with Crippen LogP contribution in [0.15, 0.2) is 0 Å². The van der Waals surface area contributed by atoms with E-state index in [-0.39, 0.29) is 12.0 Å². The van der Waals surface area contributed by atoms with Crippen LogP contribution >= 0.6 is 27.5 Å². The fourth-order valence-corrected chi connectivity index (χ4v) is 2.15. The largest absolute Gasteiger partial charge is 0.359 e. The van der Waals surface area contributed by atoms with Gasteiger partial charge < -0.3 is 4.74 Å². The van der Waals surface area contributed by atoms with E-state index >= 15 is 0 Å². The molecule has 11 heavy (non-hydrogen) atoms. The average Bonchev–Trinajstić information content (AvgIpc) is 2.14. The number of ether oxygens (including phenoxy) is 1. The van der Waals surface area contributed by atoms with Gasteiger partial charge in [-0.25, -0.2) is 4.39 Å². The van der Waals surface area contributed by atoms with Gasteiger partial charge in [0.15, 0.2) is 5.01 Å². The van der Waals surface area contributed by atoms with Crippen LogP contribution in [0.2, 0.25) is 0 Å². The molecule has 0 radical (unpaired) electrons. The van der Waals surface area contributed by atoms with Gasteiger partial charge in [-0.3, -0.25) is 0 Å². The highest BCUT2D eigenvalue weighted by Crippen LogP contribution is 2.45. The zero-order valence-corrected chi connectivity index (χ0v) is 8.82. The fourth-order valence-electron chi connectivity index (χ4n) is 1.27. The highest BCUT2D eigenvalue weighted by atomic mass is 79.9. The summed E-state index contributed by atoms with van der Waals surface area (Å²) in [5, 5.41) is -2.42. The van der Waals surface area contributed by atoms with Gasteiger partial charge in [-0.2, -0.15) is 0 Å². The topological polar surface area (TPSA) is 9.23 Å². The second kappa shape index (κ2) is 3.19. The molecule has 1 fully saturated rings. The summed E-state index contributed by atoms with van der Waals surface area (Å²) in [6.45, 7) is 3.72. The molecular weight excluding hydrogens is 234 g/mol. The summed E-state index contributed by atoms with van der Waals surface area (Å²) in [6.07, 6.45) is 0.726. The molecule has 1 heterocycles. The molecule has 1 nitrogen and oxygen atoms in total. The molecule has 0 amide bonds. The zero-order valence-electron chi connectivity index (χ0n) is 6.48. The average molecular weight is 246 g/mol. The van der Waals surface area contributed by atoms with Crippen LogP contribution in [0, 0.1) is 5.92 Å². The standard InChI is InChI=1S/C7H11BrClFO/c1-3-5-4(2)7(9,10)6(8)11-5/h4-6H,3H2,1-2H3/t4-,5-,6+,7+/m1/s1. The van der Waals surface area contributed by atoms with Crippen LogP contribution in [0.1, 0.15) is 20.3 Å². The lowest BCUT2D eigenvalue weighted by Crippen LogP contribution is -2.29. The number of hydrogen-bond donors (Lipinski definition) is 0. The predicted molar refractivity (Wildman–Crippen MR) is 46.7 cm³/mol. The Morgan fingerprint density at radius 1 is 1.73 bits per heavy atom. The molecule has 66 valence electrons. The van der Waals surface area contributed by atoms with E-state index in [9.17, 15) is 4.39 Å². The van der Waals surface area contributed by atoms with Crippen LogP contribution < -0.4 is 0 Å². The first-order valence-corrected chi connectivity index (χ1v) is 4.96. The summed E-state index contributed by atoms with van der Waals surface area (Å²) in [5.74, 6) is -0.251. The number of alkyl halides is 3. The van der Waals surface area contributed by atoms with E-state index in [1.54, 1.807) is 6.92 Å². The Kier molecular flexibility index (Phi) is 2.83. The number of hydrogen-bond acceptors (Lipinski definition) is 1. The van der Waals surface area contributed by atoms with Crippen molar-refractivity contribution in [3.05, 3.63) is 0 Å². The van der Waals surface area contributed by atoms with Crippen LogP contribution in [-0.2, 0) is 4.74 Å². The van der Waals surface area contributed by atoms with Crippen molar-refractivity contribution in [1.29, 1.82) is 0 Å². The van der Waals surface area contributed by atoms with E-state index in [1.807, 2.05) is 6.92 Å². The summed E-state index contributed by atoms with van der Waals surface area (Å²) in [4.78, 5) is 0. The molecule has 0 unspecified atom stereocenters. The molecular formula is C7H11BrClFO. The smallest absolute Gasteiger partial charge is 0.224 e. The van der Waals surface area contributed by atoms with Crippen LogP contribution in [0.3, 0.4) is 0 Å². The van der Waals surface area contributed by atoms with Crippen molar-refractivity contribution in [3.8, 4) is 0 Å². The predicted octanol–water partition coefficient (Wildman–Crippen LogP) is 3.06. The lowest BCUT2D eigenvalue weighted by Gasteiger charge is -2.18. The van der Waals surface area contributed by atoms with Crippen LogP contribution in [-0.4, -0.2) is 16.2 Å². The second-order valence-corrected chi connectivity index (χ2v) is 4.27. The Balaban J connectivity index is 2.71. The van der Waals surface area contributed by atoms with Crippen molar-refractivity contribution in [2.24, 2.45) is 5.92 Å². The summed E-state index contributed by atoms with van der Waals surface area (Å²) >= 11 is 8.66. The zero-order chi connectivity index (χ0) is 8.65. The van der Waals surface area contributed by atoms with Gasteiger partial charge >= 0.3 is 0 Å². The van der Waals surface area contributed by atoms with E-state index in [0.29, 0.717) is 0 Å². The molecule has 1 aliphatic heterocycles. The van der Waals surface area contributed by atoms with Crippen LogP contribution in [0.4, 0.5) is 4.39 Å². The third-order valence-electron chi connectivity index (χ3n) is 2.16. The first-order valence-electron chi connectivity index (χ1n) is 3.67. The highest BCUT2D eigenvalue weighted by molar-refractivity contribution is 9.09. The lowest BCUT2D eigenvalue weighted by molar-refractivity contribution is 0.0726. The van der Waals surface area contributed by atoms with Crippen molar-refractivity contribution in [1.82, 2.24) is 0 Å². The quantitative estimate of drug-likeness (QED) is 0.645. The molecule has 1 saturated heterocycles. The second-order valence-electron chi connectivity index (χ2n) is 2.86. The van der Waals surface area contributed by atoms with Gasteiger partial charge in [0.2, 0.25) is 5.13 Å². The normalized spacial score (nSPS) is 51.5. The van der Waals surface area contributed by atoms with Crippen molar-refractivity contribution in [2.75, 3.05) is 0 Å². The first kappa shape index (κ1) is 9.75. The minimum Gasteiger partial charge on any atom is -0.359 e. The van der Waals surface area contributed by atoms with Crippen LogP contribution in [0.5, 0.6) is 0 Å². The molecule has 4 atom stereocenters. The summed E-state index contributed by atoms with van der Waals surface area (Å²) in [5.41, 5.74) is 0. The van der Waals surface area contributed by atoms with Gasteiger partial charge in [0, 0.05) is 5.92 Å². The van der Waals surface area contributed by atoms with Crippen molar-refractivity contribution in [3.63, 3.8) is 0 Å². The number of halogens is 3. The van der Waals surface area contributed by atoms with Crippen molar-refractivity contribution >= 4 is 27.5 Å². The van der Waals surface area contributed by atoms with E-state index < -0.39 is 10.1 Å². The third kappa shape index (κ3) is 1.56. The summed E-state index contributed by atoms with van der Waals surface area (Å²) < 4.78 is 18.7. The van der Waals surface area contributed by atoms with Crippen molar-refractivity contribution in [2.45, 2.75) is 36.5 Å². The van der Waals surface area contributed by atoms with E-state index in [4.69, 9.17) is 16.3 Å². The maximum Gasteiger partial charge on any atom is 0.224 e. The van der Waals surface area contributed by atoms with Gasteiger partial charge in [0.05, 0.1) is 6.10 Å². The molecule has 4 heteroatoms. The SMILES string of the molecule is CC[C@H]1O[C@H](Br)[C@](F)(Cl)[C@@H]1C. The van der Waals surface area contributed by atoms with Crippen LogP contribution in [0.25, 0.3) is 0 Å². The van der Waals surface area contributed by atoms with Gasteiger partial charge in [0.25, 0.3) is 0 Å². The fraction of sp³-hybridized carbons (Fsp3) is 1.00. The number of rotatable bonds is 1. The summed E-state index contributed by atoms with van der Waals surface area (Å²) in [6, 6.07) is 0. The molecule has 0 aliphatic carbocycles. The molecule has 1 aliphatic rings. The van der Waals surface area contributed by atoms with Gasteiger partial charge in [-0.05, 0) is 6.42 Å². The Morgan fingerprint density at radius 2 is 2.27 bits per heavy atom. The minimum absolute atomic E-state index is 0.0677. The molecule has 0 N–H and O–H groups in total. The van der Waals surface area contributed by atoms with E-state index in [0.717, 1.165) is 6.42 Å². The summed E-state index contributed by atoms with van der Waals surface area (Å²) in [7, 11) is 0. The maximum absolute atomic E-state index is 13.4. The Labute approximate surface area is 79.4 Å². The lowest BCUT2D eigenvalue weighted by atomic mass is 10.0. The molecule has 0 saturated carbocycles. The highest BCUT2D eigenvalue weighted by Gasteiger charge is 2.52. The molecule has 1 rings (SSSR count). The molecule has 0 bridgehead atoms. The third-order valence-corrected chi connectivity index (χ3v) is 3.85.